The van der Waals surface area contributed by atoms with E-state index in [-0.39, 0.29) is 23.6 Å². The number of carbonyl (C=O) groups excluding carboxylic acids is 1. The van der Waals surface area contributed by atoms with Crippen molar-refractivity contribution in [2.45, 2.75) is 44.8 Å². The first-order chi connectivity index (χ1) is 10.1. The number of nitriles is 1. The van der Waals surface area contributed by atoms with Gasteiger partial charge in [-0.2, -0.15) is 5.26 Å². The molecule has 0 bridgehead atoms. The third kappa shape index (κ3) is 3.94. The van der Waals surface area contributed by atoms with Gasteiger partial charge in [-0.1, -0.05) is 19.1 Å². The lowest BCUT2D eigenvalue weighted by Gasteiger charge is -2.20. The fraction of sp³-hybridized carbons (Fsp3) is 0.500. The maximum atomic E-state index is 13.6. The van der Waals surface area contributed by atoms with Crippen LogP contribution in [-0.2, 0) is 4.79 Å². The van der Waals surface area contributed by atoms with Crippen molar-refractivity contribution in [1.82, 2.24) is 5.32 Å². The smallest absolute Gasteiger partial charge is 0.261 e. The van der Waals surface area contributed by atoms with Crippen molar-refractivity contribution in [1.29, 1.82) is 5.26 Å². The predicted octanol–water partition coefficient (Wildman–Crippen LogP) is 2.79. The number of halogens is 1. The average Bonchev–Trinajstić information content (AvgIpc) is 2.94. The quantitative estimate of drug-likeness (QED) is 0.907. The van der Waals surface area contributed by atoms with E-state index in [4.69, 9.17) is 10.00 Å². The van der Waals surface area contributed by atoms with E-state index in [2.05, 4.69) is 11.4 Å². The molecule has 4 nitrogen and oxygen atoms in total. The largest absolute Gasteiger partial charge is 0.478 e. The summed E-state index contributed by atoms with van der Waals surface area (Å²) in [5.41, 5.74) is 0. The molecule has 0 unspecified atom stereocenters. The van der Waals surface area contributed by atoms with Crippen molar-refractivity contribution in [3.63, 3.8) is 0 Å². The van der Waals surface area contributed by atoms with Crippen molar-refractivity contribution in [2.75, 3.05) is 0 Å². The Kier molecular flexibility index (Phi) is 5.15. The summed E-state index contributed by atoms with van der Waals surface area (Å²) in [5.74, 6) is -0.623. The molecule has 1 fully saturated rings. The van der Waals surface area contributed by atoms with Crippen LogP contribution in [0.15, 0.2) is 24.3 Å². The van der Waals surface area contributed by atoms with Gasteiger partial charge in [0, 0.05) is 12.0 Å². The van der Waals surface area contributed by atoms with Crippen LogP contribution < -0.4 is 10.1 Å². The van der Waals surface area contributed by atoms with Crippen LogP contribution in [0.3, 0.4) is 0 Å². The Morgan fingerprint density at radius 2 is 2.29 bits per heavy atom. The molecule has 0 aromatic heterocycles. The monoisotopic (exact) mass is 290 g/mol. The third-order valence-electron chi connectivity index (χ3n) is 3.73. The lowest BCUT2D eigenvalue weighted by molar-refractivity contribution is -0.128. The molecule has 0 spiro atoms. The number of benzene rings is 1. The van der Waals surface area contributed by atoms with Gasteiger partial charge < -0.3 is 10.1 Å². The summed E-state index contributed by atoms with van der Waals surface area (Å²) >= 11 is 0. The number of nitrogens with zero attached hydrogens (tertiary/aromatic N) is 1. The molecule has 0 saturated heterocycles. The van der Waals surface area contributed by atoms with Crippen LogP contribution in [0.5, 0.6) is 5.75 Å². The molecule has 1 aliphatic rings. The molecule has 21 heavy (non-hydrogen) atoms. The summed E-state index contributed by atoms with van der Waals surface area (Å²) in [7, 11) is 0. The molecule has 1 aromatic rings. The second-order valence-corrected chi connectivity index (χ2v) is 5.29. The van der Waals surface area contributed by atoms with Gasteiger partial charge in [0.15, 0.2) is 17.7 Å². The Bertz CT molecular complexity index is 541. The zero-order valence-electron chi connectivity index (χ0n) is 12.0. The molecule has 0 aliphatic heterocycles. The fourth-order valence-corrected chi connectivity index (χ4v) is 2.54. The molecule has 112 valence electrons. The first kappa shape index (κ1) is 15.3. The molecule has 1 saturated carbocycles. The van der Waals surface area contributed by atoms with E-state index < -0.39 is 11.9 Å². The Morgan fingerprint density at radius 3 is 2.90 bits per heavy atom. The van der Waals surface area contributed by atoms with E-state index in [1.54, 1.807) is 12.1 Å². The molecule has 1 aliphatic carbocycles. The molecule has 1 N–H and O–H groups in total. The van der Waals surface area contributed by atoms with Gasteiger partial charge in [-0.25, -0.2) is 4.39 Å². The van der Waals surface area contributed by atoms with E-state index in [1.165, 1.54) is 12.1 Å². The average molecular weight is 290 g/mol. The minimum atomic E-state index is -0.719. The van der Waals surface area contributed by atoms with Gasteiger partial charge in [0.05, 0.1) is 6.07 Å². The number of hydrogen-bond donors (Lipinski definition) is 1. The van der Waals surface area contributed by atoms with Gasteiger partial charge in [0.2, 0.25) is 0 Å². The lowest BCUT2D eigenvalue weighted by atomic mass is 10.1. The summed E-state index contributed by atoms with van der Waals surface area (Å²) in [6.07, 6.45) is 2.03. The highest BCUT2D eigenvalue weighted by Gasteiger charge is 2.28. The minimum Gasteiger partial charge on any atom is -0.478 e. The van der Waals surface area contributed by atoms with Crippen molar-refractivity contribution in [3.8, 4) is 11.8 Å². The van der Waals surface area contributed by atoms with Crippen LogP contribution in [0.25, 0.3) is 0 Å². The van der Waals surface area contributed by atoms with E-state index in [1.807, 2.05) is 6.92 Å². The molecule has 1 aromatic carbocycles. The van der Waals surface area contributed by atoms with Crippen LogP contribution in [0.1, 0.15) is 32.6 Å². The number of para-hydroxylation sites is 1. The number of rotatable bonds is 5. The van der Waals surface area contributed by atoms with Crippen LogP contribution in [0.2, 0.25) is 0 Å². The van der Waals surface area contributed by atoms with Crippen LogP contribution >= 0.6 is 0 Å². The standard InChI is InChI=1S/C16H19FN2O2/c1-2-14(21-15-6-4-3-5-13(15)17)16(20)19-12-8-7-11(9-12)10-18/h3-6,11-12,14H,2,7-9H2,1H3,(H,19,20)/t11-,12+,14+/m1/s1. The van der Waals surface area contributed by atoms with Crippen molar-refractivity contribution in [2.24, 2.45) is 5.92 Å². The summed E-state index contributed by atoms with van der Waals surface area (Å²) in [4.78, 5) is 12.2. The normalized spacial score (nSPS) is 22.3. The van der Waals surface area contributed by atoms with Crippen molar-refractivity contribution < 1.29 is 13.9 Å². The Labute approximate surface area is 123 Å². The first-order valence-electron chi connectivity index (χ1n) is 7.25. The van der Waals surface area contributed by atoms with Gasteiger partial charge in [-0.15, -0.1) is 0 Å². The first-order valence-corrected chi connectivity index (χ1v) is 7.25. The molecule has 5 heteroatoms. The third-order valence-corrected chi connectivity index (χ3v) is 3.73. The van der Waals surface area contributed by atoms with Crippen molar-refractivity contribution in [3.05, 3.63) is 30.1 Å². The highest BCUT2D eigenvalue weighted by Crippen LogP contribution is 2.25. The van der Waals surface area contributed by atoms with Crippen molar-refractivity contribution >= 4 is 5.91 Å². The van der Waals surface area contributed by atoms with Crippen LogP contribution in [0.4, 0.5) is 4.39 Å². The fourth-order valence-electron chi connectivity index (χ4n) is 2.54. The maximum absolute atomic E-state index is 13.6. The Morgan fingerprint density at radius 1 is 1.52 bits per heavy atom. The minimum absolute atomic E-state index is 0.0143. The molecule has 1 amide bonds. The highest BCUT2D eigenvalue weighted by atomic mass is 19.1. The summed E-state index contributed by atoms with van der Waals surface area (Å²) in [6, 6.07) is 8.28. The molecular weight excluding hydrogens is 271 g/mol. The van der Waals surface area contributed by atoms with Gasteiger partial charge in [-0.3, -0.25) is 4.79 Å². The second kappa shape index (κ2) is 7.07. The number of amides is 1. The second-order valence-electron chi connectivity index (χ2n) is 5.29. The summed E-state index contributed by atoms with van der Waals surface area (Å²) < 4.78 is 19.0. The molecular formula is C16H19FN2O2. The van der Waals surface area contributed by atoms with E-state index >= 15 is 0 Å². The van der Waals surface area contributed by atoms with E-state index in [9.17, 15) is 9.18 Å². The van der Waals surface area contributed by atoms with Crippen LogP contribution in [0, 0.1) is 23.1 Å². The zero-order chi connectivity index (χ0) is 15.2. The van der Waals surface area contributed by atoms with Gasteiger partial charge in [0.1, 0.15) is 0 Å². The van der Waals surface area contributed by atoms with Gasteiger partial charge >= 0.3 is 0 Å². The lowest BCUT2D eigenvalue weighted by Crippen LogP contribution is -2.42. The topological polar surface area (TPSA) is 62.1 Å². The van der Waals surface area contributed by atoms with Gasteiger partial charge in [-0.05, 0) is 37.8 Å². The summed E-state index contributed by atoms with van der Waals surface area (Å²) in [6.45, 7) is 1.82. The molecule has 2 rings (SSSR count). The highest BCUT2D eigenvalue weighted by molar-refractivity contribution is 5.81. The molecule has 0 radical (unpaired) electrons. The molecule has 3 atom stereocenters. The maximum Gasteiger partial charge on any atom is 0.261 e. The summed E-state index contributed by atoms with van der Waals surface area (Å²) in [5, 5.41) is 11.8. The number of ether oxygens (including phenoxy) is 1. The Balaban J connectivity index is 1.93. The Hall–Kier alpha value is -2.09. The number of nitrogens with one attached hydrogen (secondary N) is 1. The van der Waals surface area contributed by atoms with Gasteiger partial charge in [0.25, 0.3) is 5.91 Å². The number of hydrogen-bond acceptors (Lipinski definition) is 3. The van der Waals surface area contributed by atoms with E-state index in [0.29, 0.717) is 12.8 Å². The van der Waals surface area contributed by atoms with E-state index in [0.717, 1.165) is 12.8 Å². The number of carbonyl (C=O) groups is 1. The predicted molar refractivity (Wildman–Crippen MR) is 76.0 cm³/mol. The zero-order valence-corrected chi connectivity index (χ0v) is 12.0. The van der Waals surface area contributed by atoms with Crippen LogP contribution in [-0.4, -0.2) is 18.1 Å². The molecule has 0 heterocycles. The SMILES string of the molecule is CC[C@H](Oc1ccccc1F)C(=O)N[C@H]1CC[C@@H](C#N)C1.